The number of hydrogen-bond acceptors (Lipinski definition) is 4. The highest BCUT2D eigenvalue weighted by Gasteiger charge is 2.32. The fraction of sp³-hybridized carbons (Fsp3) is 0.118. The third kappa shape index (κ3) is 3.61. The summed E-state index contributed by atoms with van der Waals surface area (Å²) in [6.07, 6.45) is -3.22. The van der Waals surface area contributed by atoms with Crippen molar-refractivity contribution in [2.45, 2.75) is 12.8 Å². The summed E-state index contributed by atoms with van der Waals surface area (Å²) in [5, 5.41) is 0. The lowest BCUT2D eigenvalue weighted by Gasteiger charge is -2.13. The molecule has 0 atom stereocenters. The van der Waals surface area contributed by atoms with Gasteiger partial charge < -0.3 is 4.74 Å². The Morgan fingerprint density at radius 3 is 2.35 bits per heavy atom. The standard InChI is InChI=1S/C17H9F5N2O2/c18-16(19)26-14-7-23-13-6-11(17(20,21)22)5-12(15(13)24-14)10-3-1-9(8-25)2-4-10/h1-8,16H. The van der Waals surface area contributed by atoms with Crippen LogP contribution in [0.3, 0.4) is 0 Å². The Morgan fingerprint density at radius 1 is 1.08 bits per heavy atom. The molecule has 0 saturated carbocycles. The van der Waals surface area contributed by atoms with E-state index in [2.05, 4.69) is 14.7 Å². The van der Waals surface area contributed by atoms with Crippen LogP contribution in [0.4, 0.5) is 22.0 Å². The summed E-state index contributed by atoms with van der Waals surface area (Å²) >= 11 is 0. The molecule has 0 fully saturated rings. The molecule has 0 spiro atoms. The van der Waals surface area contributed by atoms with E-state index in [1.54, 1.807) is 0 Å². The molecule has 0 bridgehead atoms. The molecular formula is C17H9F5N2O2. The van der Waals surface area contributed by atoms with Crippen molar-refractivity contribution in [3.05, 3.63) is 53.7 Å². The molecule has 134 valence electrons. The topological polar surface area (TPSA) is 52.1 Å². The number of nitrogens with zero attached hydrogens (tertiary/aromatic N) is 2. The molecule has 0 unspecified atom stereocenters. The van der Waals surface area contributed by atoms with E-state index in [0.717, 1.165) is 18.3 Å². The number of fused-ring (bicyclic) bond motifs is 1. The molecule has 2 aromatic carbocycles. The first-order chi connectivity index (χ1) is 12.3. The lowest BCUT2D eigenvalue weighted by molar-refractivity contribution is -0.137. The zero-order chi connectivity index (χ0) is 18.9. The molecule has 3 rings (SSSR count). The third-order valence-corrected chi connectivity index (χ3v) is 3.52. The predicted octanol–water partition coefficient (Wildman–Crippen LogP) is 4.73. The van der Waals surface area contributed by atoms with Crippen LogP contribution in [0.15, 0.2) is 42.6 Å². The van der Waals surface area contributed by atoms with Crippen molar-refractivity contribution in [3.63, 3.8) is 0 Å². The second-order valence-electron chi connectivity index (χ2n) is 5.22. The molecule has 0 aliphatic heterocycles. The minimum Gasteiger partial charge on any atom is -0.415 e. The van der Waals surface area contributed by atoms with Crippen LogP contribution in [0.5, 0.6) is 5.88 Å². The number of ether oxygens (including phenoxy) is 1. The van der Waals surface area contributed by atoms with E-state index in [9.17, 15) is 26.7 Å². The van der Waals surface area contributed by atoms with Crippen LogP contribution in [-0.4, -0.2) is 22.9 Å². The van der Waals surface area contributed by atoms with Crippen LogP contribution in [0.2, 0.25) is 0 Å². The number of carbonyl (C=O) groups excluding carboxylic acids is 1. The molecule has 0 saturated heterocycles. The van der Waals surface area contributed by atoms with Gasteiger partial charge in [0.05, 0.1) is 17.3 Å². The molecule has 4 nitrogen and oxygen atoms in total. The van der Waals surface area contributed by atoms with Crippen molar-refractivity contribution in [2.75, 3.05) is 0 Å². The van der Waals surface area contributed by atoms with E-state index in [1.807, 2.05) is 0 Å². The smallest absolute Gasteiger partial charge is 0.415 e. The van der Waals surface area contributed by atoms with Crippen molar-refractivity contribution in [1.29, 1.82) is 0 Å². The summed E-state index contributed by atoms with van der Waals surface area (Å²) in [5.74, 6) is -0.516. The monoisotopic (exact) mass is 368 g/mol. The SMILES string of the molecule is O=Cc1ccc(-c2cc(C(F)(F)F)cc3ncc(OC(F)F)nc23)cc1. The fourth-order valence-corrected chi connectivity index (χ4v) is 2.37. The van der Waals surface area contributed by atoms with Gasteiger partial charge in [-0.2, -0.15) is 22.0 Å². The van der Waals surface area contributed by atoms with Gasteiger partial charge in [0, 0.05) is 11.1 Å². The third-order valence-electron chi connectivity index (χ3n) is 3.52. The Balaban J connectivity index is 2.25. The molecular weight excluding hydrogens is 359 g/mol. The first kappa shape index (κ1) is 17.7. The summed E-state index contributed by atoms with van der Waals surface area (Å²) in [6.45, 7) is -3.15. The van der Waals surface area contributed by atoms with Crippen molar-refractivity contribution < 1.29 is 31.5 Å². The van der Waals surface area contributed by atoms with Gasteiger partial charge in [-0.3, -0.25) is 4.79 Å². The Kier molecular flexibility index (Phi) is 4.54. The second-order valence-corrected chi connectivity index (χ2v) is 5.22. The first-order valence-electron chi connectivity index (χ1n) is 7.16. The van der Waals surface area contributed by atoms with Crippen molar-refractivity contribution >= 4 is 17.3 Å². The number of aromatic nitrogens is 2. The minimum absolute atomic E-state index is 0.0273. The normalized spacial score (nSPS) is 11.8. The van der Waals surface area contributed by atoms with Gasteiger partial charge in [0.25, 0.3) is 0 Å². The minimum atomic E-state index is -4.63. The molecule has 26 heavy (non-hydrogen) atoms. The average Bonchev–Trinajstić information content (AvgIpc) is 2.59. The predicted molar refractivity (Wildman–Crippen MR) is 82.0 cm³/mol. The Morgan fingerprint density at radius 2 is 1.77 bits per heavy atom. The Labute approximate surface area is 143 Å². The molecule has 9 heteroatoms. The fourth-order valence-electron chi connectivity index (χ4n) is 2.37. The first-order valence-corrected chi connectivity index (χ1v) is 7.16. The van der Waals surface area contributed by atoms with E-state index in [1.165, 1.54) is 24.3 Å². The summed E-state index contributed by atoms with van der Waals surface area (Å²) in [4.78, 5) is 18.3. The highest BCUT2D eigenvalue weighted by molar-refractivity contribution is 5.93. The second kappa shape index (κ2) is 6.66. The number of rotatable bonds is 4. The Hall–Kier alpha value is -3.10. The molecule has 3 aromatic rings. The van der Waals surface area contributed by atoms with Crippen LogP contribution >= 0.6 is 0 Å². The molecule has 0 aliphatic rings. The molecule has 1 aromatic heterocycles. The maximum Gasteiger partial charge on any atom is 0.416 e. The van der Waals surface area contributed by atoms with Crippen LogP contribution in [0, 0.1) is 0 Å². The largest absolute Gasteiger partial charge is 0.416 e. The van der Waals surface area contributed by atoms with Crippen molar-refractivity contribution in [1.82, 2.24) is 9.97 Å². The van der Waals surface area contributed by atoms with E-state index < -0.39 is 24.2 Å². The van der Waals surface area contributed by atoms with Crippen molar-refractivity contribution in [3.8, 4) is 17.0 Å². The van der Waals surface area contributed by atoms with Gasteiger partial charge in [0.1, 0.15) is 11.8 Å². The number of carbonyl (C=O) groups is 1. The summed E-state index contributed by atoms with van der Waals surface area (Å²) in [5.41, 5.74) is -0.449. The lowest BCUT2D eigenvalue weighted by atomic mass is 9.99. The van der Waals surface area contributed by atoms with Crippen LogP contribution in [0.25, 0.3) is 22.2 Å². The molecule has 1 heterocycles. The molecule has 0 amide bonds. The summed E-state index contributed by atoms with van der Waals surface area (Å²) < 4.78 is 68.4. The number of alkyl halides is 5. The van der Waals surface area contributed by atoms with E-state index in [-0.39, 0.29) is 16.6 Å². The lowest BCUT2D eigenvalue weighted by Crippen LogP contribution is -2.07. The van der Waals surface area contributed by atoms with Gasteiger partial charge in [0.15, 0.2) is 0 Å². The average molecular weight is 368 g/mol. The van der Waals surface area contributed by atoms with Gasteiger partial charge in [0.2, 0.25) is 5.88 Å². The van der Waals surface area contributed by atoms with E-state index >= 15 is 0 Å². The van der Waals surface area contributed by atoms with Gasteiger partial charge in [-0.1, -0.05) is 24.3 Å². The number of benzene rings is 2. The highest BCUT2D eigenvalue weighted by Crippen LogP contribution is 2.36. The number of hydrogen-bond donors (Lipinski definition) is 0. The maximum atomic E-state index is 13.2. The Bertz CT molecular complexity index is 956. The number of halogens is 5. The van der Waals surface area contributed by atoms with Gasteiger partial charge >= 0.3 is 12.8 Å². The number of aldehydes is 1. The van der Waals surface area contributed by atoms with Crippen LogP contribution in [-0.2, 0) is 6.18 Å². The zero-order valence-corrected chi connectivity index (χ0v) is 12.8. The van der Waals surface area contributed by atoms with Gasteiger partial charge in [-0.25, -0.2) is 9.97 Å². The summed E-state index contributed by atoms with van der Waals surface area (Å²) in [7, 11) is 0. The summed E-state index contributed by atoms with van der Waals surface area (Å²) in [6, 6.07) is 7.32. The molecule has 0 N–H and O–H groups in total. The van der Waals surface area contributed by atoms with Crippen molar-refractivity contribution in [2.24, 2.45) is 0 Å². The van der Waals surface area contributed by atoms with E-state index in [4.69, 9.17) is 0 Å². The highest BCUT2D eigenvalue weighted by atomic mass is 19.4. The maximum absolute atomic E-state index is 13.2. The molecule has 0 aliphatic carbocycles. The zero-order valence-electron chi connectivity index (χ0n) is 12.8. The van der Waals surface area contributed by atoms with Gasteiger partial charge in [-0.15, -0.1) is 0 Å². The van der Waals surface area contributed by atoms with Crippen LogP contribution < -0.4 is 4.74 Å². The van der Waals surface area contributed by atoms with Gasteiger partial charge in [-0.05, 0) is 17.7 Å². The quantitative estimate of drug-likeness (QED) is 0.494. The van der Waals surface area contributed by atoms with E-state index in [0.29, 0.717) is 17.4 Å². The van der Waals surface area contributed by atoms with Crippen LogP contribution in [0.1, 0.15) is 15.9 Å². The molecule has 0 radical (unpaired) electrons.